The number of hydrogen-bond acceptors (Lipinski definition) is 2. The van der Waals surface area contributed by atoms with Crippen LogP contribution in [0.3, 0.4) is 0 Å². The lowest BCUT2D eigenvalue weighted by atomic mass is 10.1. The summed E-state index contributed by atoms with van der Waals surface area (Å²) >= 11 is 1.50. The van der Waals surface area contributed by atoms with Crippen molar-refractivity contribution in [2.45, 2.75) is 33.2 Å². The van der Waals surface area contributed by atoms with Gasteiger partial charge in [0.2, 0.25) is 0 Å². The lowest BCUT2D eigenvalue weighted by Crippen LogP contribution is -2.22. The summed E-state index contributed by atoms with van der Waals surface area (Å²) in [6.07, 6.45) is 2.05. The molecule has 1 heterocycles. The third-order valence-corrected chi connectivity index (χ3v) is 4.25. The van der Waals surface area contributed by atoms with Gasteiger partial charge in [-0.1, -0.05) is 31.5 Å². The van der Waals surface area contributed by atoms with Crippen LogP contribution in [0.25, 0.3) is 0 Å². The first-order valence-electron chi connectivity index (χ1n) is 6.72. The van der Waals surface area contributed by atoms with E-state index in [0.717, 1.165) is 12.8 Å². The molecule has 106 valence electrons. The largest absolute Gasteiger partial charge is 0.347 e. The van der Waals surface area contributed by atoms with Gasteiger partial charge in [-0.3, -0.25) is 4.79 Å². The van der Waals surface area contributed by atoms with E-state index in [1.165, 1.54) is 27.8 Å². The number of hydrogen-bond donors (Lipinski definition) is 1. The van der Waals surface area contributed by atoms with E-state index >= 15 is 0 Å². The Bertz CT molecular complexity index is 606. The van der Waals surface area contributed by atoms with Gasteiger partial charge in [0, 0.05) is 17.0 Å². The fraction of sp³-hybridized carbons (Fsp3) is 0.312. The van der Waals surface area contributed by atoms with Gasteiger partial charge >= 0.3 is 0 Å². The maximum Gasteiger partial charge on any atom is 0.261 e. The van der Waals surface area contributed by atoms with Crippen LogP contribution in [0.1, 0.15) is 39.0 Å². The Morgan fingerprint density at radius 1 is 1.30 bits per heavy atom. The average Bonchev–Trinajstić information content (AvgIpc) is 2.80. The molecule has 1 N–H and O–H groups in total. The third-order valence-electron chi connectivity index (χ3n) is 3.16. The number of thiophene rings is 1. The third kappa shape index (κ3) is 3.45. The van der Waals surface area contributed by atoms with Gasteiger partial charge in [-0.15, -0.1) is 11.3 Å². The maximum atomic E-state index is 13.5. The number of carbonyl (C=O) groups is 1. The average molecular weight is 291 g/mol. The van der Waals surface area contributed by atoms with Crippen molar-refractivity contribution in [3.05, 3.63) is 57.0 Å². The number of rotatable bonds is 5. The molecule has 2 nitrogen and oxygen atoms in total. The highest BCUT2D eigenvalue weighted by atomic mass is 32.1. The molecule has 2 aromatic rings. The highest BCUT2D eigenvalue weighted by Gasteiger charge is 2.12. The fourth-order valence-corrected chi connectivity index (χ4v) is 3.04. The minimum atomic E-state index is -0.290. The predicted octanol–water partition coefficient (Wildman–Crippen LogP) is 4.08. The molecule has 0 saturated heterocycles. The topological polar surface area (TPSA) is 29.1 Å². The van der Waals surface area contributed by atoms with E-state index in [4.69, 9.17) is 0 Å². The van der Waals surface area contributed by atoms with Crippen LogP contribution < -0.4 is 5.32 Å². The van der Waals surface area contributed by atoms with Crippen LogP contribution in [0.2, 0.25) is 0 Å². The summed E-state index contributed by atoms with van der Waals surface area (Å²) in [5.74, 6) is -0.425. The molecule has 0 spiro atoms. The van der Waals surface area contributed by atoms with E-state index in [0.29, 0.717) is 10.4 Å². The van der Waals surface area contributed by atoms with Crippen LogP contribution >= 0.6 is 11.3 Å². The molecule has 20 heavy (non-hydrogen) atoms. The molecule has 0 aliphatic rings. The molecule has 1 aromatic heterocycles. The van der Waals surface area contributed by atoms with Crippen molar-refractivity contribution in [3.63, 3.8) is 0 Å². The lowest BCUT2D eigenvalue weighted by Gasteiger charge is -2.04. The Morgan fingerprint density at radius 2 is 2.05 bits per heavy atom. The molecule has 0 radical (unpaired) electrons. The second-order valence-corrected chi connectivity index (χ2v) is 5.97. The highest BCUT2D eigenvalue weighted by molar-refractivity contribution is 7.14. The standard InChI is InChI=1S/C16H18FNOS/c1-3-6-12-9-15(20-11(12)2)16(19)18-10-13-7-4-5-8-14(13)17/h4-5,7-9H,3,6,10H2,1-2H3,(H,18,19). The zero-order valence-corrected chi connectivity index (χ0v) is 12.5. The first kappa shape index (κ1) is 14.7. The quantitative estimate of drug-likeness (QED) is 0.883. The number of halogens is 1. The summed E-state index contributed by atoms with van der Waals surface area (Å²) < 4.78 is 13.5. The number of benzene rings is 1. The summed E-state index contributed by atoms with van der Waals surface area (Å²) in [4.78, 5) is 14.0. The Morgan fingerprint density at radius 3 is 2.75 bits per heavy atom. The van der Waals surface area contributed by atoms with Gasteiger partial charge in [-0.25, -0.2) is 4.39 Å². The summed E-state index contributed by atoms with van der Waals surface area (Å²) in [5.41, 5.74) is 1.73. The van der Waals surface area contributed by atoms with Crippen LogP contribution in [-0.2, 0) is 13.0 Å². The summed E-state index contributed by atoms with van der Waals surface area (Å²) in [5, 5.41) is 2.77. The number of nitrogens with one attached hydrogen (secondary N) is 1. The zero-order chi connectivity index (χ0) is 14.5. The van der Waals surface area contributed by atoms with Crippen LogP contribution in [0.5, 0.6) is 0 Å². The monoisotopic (exact) mass is 291 g/mol. The van der Waals surface area contributed by atoms with Gasteiger partial charge in [-0.2, -0.15) is 0 Å². The molecule has 1 aromatic carbocycles. The molecule has 0 saturated carbocycles. The Kier molecular flexibility index (Phi) is 4.90. The van der Waals surface area contributed by atoms with Gasteiger partial charge in [0.25, 0.3) is 5.91 Å². The van der Waals surface area contributed by atoms with Crippen LogP contribution in [0.15, 0.2) is 30.3 Å². The molecular formula is C16H18FNOS. The van der Waals surface area contributed by atoms with E-state index in [1.807, 2.05) is 13.0 Å². The maximum absolute atomic E-state index is 13.5. The van der Waals surface area contributed by atoms with Gasteiger partial charge in [0.05, 0.1) is 4.88 Å². The Hall–Kier alpha value is -1.68. The number of aryl methyl sites for hydroxylation is 2. The van der Waals surface area contributed by atoms with Gasteiger partial charge in [0.1, 0.15) is 5.82 Å². The summed E-state index contributed by atoms with van der Waals surface area (Å²) in [6.45, 7) is 4.36. The van der Waals surface area contributed by atoms with Crippen molar-refractivity contribution in [3.8, 4) is 0 Å². The summed E-state index contributed by atoms with van der Waals surface area (Å²) in [6, 6.07) is 8.42. The van der Waals surface area contributed by atoms with Crippen LogP contribution in [-0.4, -0.2) is 5.91 Å². The molecular weight excluding hydrogens is 273 g/mol. The van der Waals surface area contributed by atoms with Gasteiger partial charge < -0.3 is 5.32 Å². The van der Waals surface area contributed by atoms with Crippen molar-refractivity contribution in [2.24, 2.45) is 0 Å². The van der Waals surface area contributed by atoms with E-state index in [-0.39, 0.29) is 18.3 Å². The molecule has 0 bridgehead atoms. The van der Waals surface area contributed by atoms with Crippen molar-refractivity contribution >= 4 is 17.2 Å². The van der Waals surface area contributed by atoms with Crippen LogP contribution in [0, 0.1) is 12.7 Å². The fourth-order valence-electron chi connectivity index (χ4n) is 2.05. The second kappa shape index (κ2) is 6.66. The lowest BCUT2D eigenvalue weighted by molar-refractivity contribution is 0.0954. The molecule has 0 aliphatic carbocycles. The molecule has 0 fully saturated rings. The SMILES string of the molecule is CCCc1cc(C(=O)NCc2ccccc2F)sc1C. The first-order chi connectivity index (χ1) is 9.61. The molecule has 0 unspecified atom stereocenters. The molecule has 0 aliphatic heterocycles. The molecule has 0 atom stereocenters. The normalized spacial score (nSPS) is 10.6. The number of amides is 1. The highest BCUT2D eigenvalue weighted by Crippen LogP contribution is 2.22. The van der Waals surface area contributed by atoms with E-state index in [1.54, 1.807) is 18.2 Å². The smallest absolute Gasteiger partial charge is 0.261 e. The van der Waals surface area contributed by atoms with E-state index < -0.39 is 0 Å². The van der Waals surface area contributed by atoms with E-state index in [2.05, 4.69) is 12.2 Å². The summed E-state index contributed by atoms with van der Waals surface area (Å²) in [7, 11) is 0. The van der Waals surface area contributed by atoms with Crippen molar-refractivity contribution in [1.29, 1.82) is 0 Å². The Balaban J connectivity index is 2.02. The molecule has 1 amide bonds. The molecule has 4 heteroatoms. The first-order valence-corrected chi connectivity index (χ1v) is 7.54. The second-order valence-electron chi connectivity index (χ2n) is 4.72. The van der Waals surface area contributed by atoms with Crippen molar-refractivity contribution in [1.82, 2.24) is 5.32 Å². The van der Waals surface area contributed by atoms with Crippen molar-refractivity contribution < 1.29 is 9.18 Å². The minimum absolute atomic E-state index is 0.135. The molecule has 2 rings (SSSR count). The zero-order valence-electron chi connectivity index (χ0n) is 11.7. The van der Waals surface area contributed by atoms with E-state index in [9.17, 15) is 9.18 Å². The van der Waals surface area contributed by atoms with Gasteiger partial charge in [0.15, 0.2) is 0 Å². The Labute approximate surface area is 122 Å². The number of carbonyl (C=O) groups excluding carboxylic acids is 1. The van der Waals surface area contributed by atoms with Crippen LogP contribution in [0.4, 0.5) is 4.39 Å². The minimum Gasteiger partial charge on any atom is -0.347 e. The van der Waals surface area contributed by atoms with Gasteiger partial charge in [-0.05, 0) is 31.0 Å². The van der Waals surface area contributed by atoms with Crippen molar-refractivity contribution in [2.75, 3.05) is 0 Å². The predicted molar refractivity (Wildman–Crippen MR) is 80.6 cm³/mol.